The summed E-state index contributed by atoms with van der Waals surface area (Å²) in [6.45, 7) is 0. The van der Waals surface area contributed by atoms with E-state index in [1.54, 1.807) is 0 Å². The maximum absolute atomic E-state index is 5.56. The minimum absolute atomic E-state index is 0.108. The fourth-order valence-corrected chi connectivity index (χ4v) is 1.45. The molecular formula is C8H7AsCl. The molecule has 0 nitrogen and oxygen atoms in total. The first-order valence-electron chi connectivity index (χ1n) is 2.96. The molecule has 0 unspecified atom stereocenters. The average molecular weight is 214 g/mol. The third-order valence-electron chi connectivity index (χ3n) is 1.12. The fourth-order valence-electron chi connectivity index (χ4n) is 0.678. The van der Waals surface area contributed by atoms with Gasteiger partial charge < -0.3 is 0 Å². The summed E-state index contributed by atoms with van der Waals surface area (Å²) in [5.74, 6) is 0. The van der Waals surface area contributed by atoms with Crippen LogP contribution < -0.4 is 0 Å². The van der Waals surface area contributed by atoms with Crippen molar-refractivity contribution in [2.45, 2.75) is 0 Å². The van der Waals surface area contributed by atoms with Crippen LogP contribution >= 0.6 is 9.95 Å². The zero-order chi connectivity index (χ0) is 7.23. The summed E-state index contributed by atoms with van der Waals surface area (Å²) in [5, 5.41) is 0. The van der Waals surface area contributed by atoms with Crippen LogP contribution in [0.15, 0.2) is 35.2 Å². The van der Waals surface area contributed by atoms with Crippen LogP contribution in [0.3, 0.4) is 0 Å². The zero-order valence-corrected chi connectivity index (χ0v) is 8.00. The summed E-state index contributed by atoms with van der Waals surface area (Å²) in [4.78, 5) is 2.02. The van der Waals surface area contributed by atoms with Gasteiger partial charge in [0.05, 0.1) is 0 Å². The summed E-state index contributed by atoms with van der Waals surface area (Å²) < 4.78 is 0. The van der Waals surface area contributed by atoms with Gasteiger partial charge in [0.1, 0.15) is 0 Å². The van der Waals surface area contributed by atoms with Crippen molar-refractivity contribution < 1.29 is 0 Å². The standard InChI is InChI=1S/C8H7AsCl/c10-9-7-6-8-4-2-1-3-5-8/h1-7H/b7-6+. The molecular weight excluding hydrogens is 206 g/mol. The quantitative estimate of drug-likeness (QED) is 0.662. The van der Waals surface area contributed by atoms with Crippen molar-refractivity contribution in [2.75, 3.05) is 0 Å². The van der Waals surface area contributed by atoms with E-state index in [-0.39, 0.29) is 14.8 Å². The van der Waals surface area contributed by atoms with Crippen molar-refractivity contribution in [3.8, 4) is 0 Å². The molecule has 0 N–H and O–H groups in total. The number of benzene rings is 1. The predicted octanol–water partition coefficient (Wildman–Crippen LogP) is 2.52. The molecule has 0 fully saturated rings. The molecule has 0 heterocycles. The van der Waals surface area contributed by atoms with Gasteiger partial charge in [0.2, 0.25) is 0 Å². The van der Waals surface area contributed by atoms with E-state index in [1.807, 2.05) is 29.1 Å². The van der Waals surface area contributed by atoms with Crippen molar-refractivity contribution >= 4 is 30.8 Å². The van der Waals surface area contributed by atoms with E-state index in [1.165, 1.54) is 5.56 Å². The first-order chi connectivity index (χ1) is 4.93. The van der Waals surface area contributed by atoms with Gasteiger partial charge in [-0.15, -0.1) is 0 Å². The predicted molar refractivity (Wildman–Crippen MR) is 47.1 cm³/mol. The van der Waals surface area contributed by atoms with Crippen LogP contribution in [0.5, 0.6) is 0 Å². The van der Waals surface area contributed by atoms with E-state index >= 15 is 0 Å². The summed E-state index contributed by atoms with van der Waals surface area (Å²) in [5.41, 5.74) is 1.22. The van der Waals surface area contributed by atoms with Gasteiger partial charge >= 0.3 is 71.6 Å². The molecule has 1 aromatic rings. The molecule has 10 heavy (non-hydrogen) atoms. The van der Waals surface area contributed by atoms with Gasteiger partial charge in [0.15, 0.2) is 0 Å². The van der Waals surface area contributed by atoms with E-state index in [4.69, 9.17) is 9.95 Å². The molecule has 0 aliphatic carbocycles. The van der Waals surface area contributed by atoms with Crippen molar-refractivity contribution in [2.24, 2.45) is 0 Å². The van der Waals surface area contributed by atoms with Crippen LogP contribution in [-0.4, -0.2) is 14.8 Å². The molecule has 0 atom stereocenters. The van der Waals surface area contributed by atoms with Crippen molar-refractivity contribution in [3.63, 3.8) is 0 Å². The maximum atomic E-state index is 5.56. The number of hydrogen-bond donors (Lipinski definition) is 0. The summed E-state index contributed by atoms with van der Waals surface area (Å²) >= 11 is -0.108. The van der Waals surface area contributed by atoms with E-state index in [0.717, 1.165) is 0 Å². The number of halogens is 1. The van der Waals surface area contributed by atoms with Crippen LogP contribution in [0, 0.1) is 0 Å². The Morgan fingerprint density at radius 2 is 1.90 bits per heavy atom. The summed E-state index contributed by atoms with van der Waals surface area (Å²) in [7, 11) is 5.56. The van der Waals surface area contributed by atoms with Crippen LogP contribution in [0.4, 0.5) is 0 Å². The molecule has 2 heteroatoms. The molecule has 1 radical (unpaired) electrons. The van der Waals surface area contributed by atoms with E-state index in [0.29, 0.717) is 0 Å². The Morgan fingerprint density at radius 3 is 2.50 bits per heavy atom. The van der Waals surface area contributed by atoms with Gasteiger partial charge in [-0.3, -0.25) is 0 Å². The number of hydrogen-bond acceptors (Lipinski definition) is 0. The monoisotopic (exact) mass is 213 g/mol. The van der Waals surface area contributed by atoms with Gasteiger partial charge in [0, 0.05) is 0 Å². The second-order valence-corrected chi connectivity index (χ2v) is 3.87. The summed E-state index contributed by atoms with van der Waals surface area (Å²) in [6.07, 6.45) is 2.05. The topological polar surface area (TPSA) is 0 Å². The second kappa shape index (κ2) is 4.60. The van der Waals surface area contributed by atoms with Gasteiger partial charge in [-0.25, -0.2) is 0 Å². The molecule has 0 aliphatic rings. The summed E-state index contributed by atoms with van der Waals surface area (Å²) in [6, 6.07) is 10.2. The average Bonchev–Trinajstić information content (AvgIpc) is 2.03. The molecule has 0 bridgehead atoms. The molecule has 51 valence electrons. The third kappa shape index (κ3) is 2.60. The van der Waals surface area contributed by atoms with Gasteiger partial charge in [0.25, 0.3) is 0 Å². The molecule has 0 saturated carbocycles. The van der Waals surface area contributed by atoms with Gasteiger partial charge in [-0.2, -0.15) is 0 Å². The van der Waals surface area contributed by atoms with Gasteiger partial charge in [-0.05, 0) is 0 Å². The Bertz CT molecular complexity index is 206. The first kappa shape index (κ1) is 7.91. The fraction of sp³-hybridized carbons (Fsp3) is 0. The zero-order valence-electron chi connectivity index (χ0n) is 5.37. The van der Waals surface area contributed by atoms with Crippen LogP contribution in [0.2, 0.25) is 0 Å². The second-order valence-electron chi connectivity index (χ2n) is 1.82. The Morgan fingerprint density at radius 1 is 1.20 bits per heavy atom. The normalized spacial score (nSPS) is 11.7. The SMILES string of the molecule is Cl[As]/C=C/c1ccccc1. The van der Waals surface area contributed by atoms with E-state index in [9.17, 15) is 0 Å². The Kier molecular flexibility index (Phi) is 3.64. The molecule has 1 aromatic carbocycles. The molecule has 1 rings (SSSR count). The Labute approximate surface area is 71.7 Å². The first-order valence-corrected chi connectivity index (χ1v) is 6.51. The Balaban J connectivity index is 2.67. The van der Waals surface area contributed by atoms with Crippen LogP contribution in [-0.2, 0) is 0 Å². The molecule has 0 aromatic heterocycles. The minimum atomic E-state index is -0.108. The van der Waals surface area contributed by atoms with Crippen LogP contribution in [0.25, 0.3) is 6.08 Å². The molecule has 0 aliphatic heterocycles. The van der Waals surface area contributed by atoms with Crippen molar-refractivity contribution in [1.29, 1.82) is 0 Å². The van der Waals surface area contributed by atoms with E-state index < -0.39 is 0 Å². The van der Waals surface area contributed by atoms with Crippen molar-refractivity contribution in [1.82, 2.24) is 0 Å². The number of rotatable bonds is 2. The third-order valence-corrected chi connectivity index (χ3v) is 2.26. The van der Waals surface area contributed by atoms with E-state index in [2.05, 4.69) is 12.1 Å². The molecule has 0 saturated heterocycles. The van der Waals surface area contributed by atoms with Crippen molar-refractivity contribution in [3.05, 3.63) is 40.8 Å². The van der Waals surface area contributed by atoms with Crippen LogP contribution in [0.1, 0.15) is 5.56 Å². The molecule has 0 amide bonds. The Hall–Kier alpha value is -0.192. The molecule has 0 spiro atoms. The van der Waals surface area contributed by atoms with Gasteiger partial charge in [-0.1, -0.05) is 0 Å².